The number of pyridine rings is 1. The number of hydrogen-bond acceptors (Lipinski definition) is 7. The molecule has 1 fully saturated rings. The third-order valence-electron chi connectivity index (χ3n) is 5.79. The molecule has 1 amide bonds. The fourth-order valence-corrected chi connectivity index (χ4v) is 4.43. The highest BCUT2D eigenvalue weighted by Crippen LogP contribution is 2.33. The molecule has 0 radical (unpaired) electrons. The smallest absolute Gasteiger partial charge is 0.410 e. The number of nitrogens with two attached hydrogens (primary N) is 1. The Labute approximate surface area is 222 Å². The highest BCUT2D eigenvalue weighted by atomic mass is 32.1. The predicted octanol–water partition coefficient (Wildman–Crippen LogP) is 5.69. The van der Waals surface area contributed by atoms with Gasteiger partial charge in [0.05, 0.1) is 18.4 Å². The number of halogens is 3. The number of carbonyl (C=O) groups is 1. The Hall–Kier alpha value is -3.67. The second-order valence-corrected chi connectivity index (χ2v) is 10.6. The van der Waals surface area contributed by atoms with Crippen molar-refractivity contribution in [1.82, 2.24) is 14.3 Å². The number of piperidine rings is 1. The number of rotatable bonds is 6. The highest BCUT2D eigenvalue weighted by Gasteiger charge is 2.27. The van der Waals surface area contributed by atoms with E-state index in [-0.39, 0.29) is 23.5 Å². The zero-order valence-corrected chi connectivity index (χ0v) is 22.0. The summed E-state index contributed by atoms with van der Waals surface area (Å²) in [5.41, 5.74) is 4.86. The van der Waals surface area contributed by atoms with E-state index in [0.717, 1.165) is 42.6 Å². The van der Waals surface area contributed by atoms with Gasteiger partial charge in [-0.05, 0) is 63.8 Å². The van der Waals surface area contributed by atoms with Crippen LogP contribution in [0.15, 0.2) is 41.5 Å². The van der Waals surface area contributed by atoms with E-state index in [1.54, 1.807) is 4.90 Å². The van der Waals surface area contributed by atoms with Crippen LogP contribution in [0.2, 0.25) is 0 Å². The summed E-state index contributed by atoms with van der Waals surface area (Å²) in [6.45, 7) is 7.05. The predicted molar refractivity (Wildman–Crippen MR) is 138 cm³/mol. The maximum Gasteiger partial charge on any atom is 0.410 e. The van der Waals surface area contributed by atoms with Crippen molar-refractivity contribution in [1.29, 1.82) is 0 Å². The van der Waals surface area contributed by atoms with E-state index in [0.29, 0.717) is 30.4 Å². The first-order valence-electron chi connectivity index (χ1n) is 12.0. The van der Waals surface area contributed by atoms with Crippen molar-refractivity contribution in [2.45, 2.75) is 39.2 Å². The monoisotopic (exact) mass is 547 g/mol. The van der Waals surface area contributed by atoms with Gasteiger partial charge in [0.15, 0.2) is 0 Å². The molecule has 2 N–H and O–H groups in total. The molecule has 0 bridgehead atoms. The molecule has 3 aromatic rings. The molecule has 0 atom stereocenters. The molecule has 1 saturated heterocycles. The lowest BCUT2D eigenvalue weighted by Gasteiger charge is -2.33. The van der Waals surface area contributed by atoms with E-state index in [9.17, 15) is 18.0 Å². The van der Waals surface area contributed by atoms with E-state index in [4.69, 9.17) is 15.2 Å². The topological polar surface area (TPSA) is 103 Å². The van der Waals surface area contributed by atoms with Crippen LogP contribution in [-0.2, 0) is 4.74 Å². The van der Waals surface area contributed by atoms with Crippen LogP contribution in [0.4, 0.5) is 23.7 Å². The summed E-state index contributed by atoms with van der Waals surface area (Å²) in [7, 11) is 0. The van der Waals surface area contributed by atoms with Gasteiger partial charge in [0, 0.05) is 24.6 Å². The first-order valence-corrected chi connectivity index (χ1v) is 12.8. The zero-order valence-electron chi connectivity index (χ0n) is 21.2. The molecule has 4 rings (SSSR count). The summed E-state index contributed by atoms with van der Waals surface area (Å²) >= 11 is 1.09. The van der Waals surface area contributed by atoms with Crippen LogP contribution in [-0.4, -0.2) is 51.5 Å². The van der Waals surface area contributed by atoms with E-state index in [2.05, 4.69) is 14.3 Å². The van der Waals surface area contributed by atoms with Crippen LogP contribution in [0, 0.1) is 23.4 Å². The molecule has 1 aromatic carbocycles. The largest absolute Gasteiger partial charge is 0.481 e. The van der Waals surface area contributed by atoms with Crippen molar-refractivity contribution in [3.63, 3.8) is 0 Å². The van der Waals surface area contributed by atoms with Crippen molar-refractivity contribution in [3.05, 3.63) is 59.7 Å². The zero-order chi connectivity index (χ0) is 27.4. The Kier molecular flexibility index (Phi) is 8.20. The Morgan fingerprint density at radius 2 is 1.82 bits per heavy atom. The van der Waals surface area contributed by atoms with Crippen molar-refractivity contribution >= 4 is 29.1 Å². The van der Waals surface area contributed by atoms with Gasteiger partial charge in [-0.15, -0.1) is 0 Å². The molecule has 202 valence electrons. The minimum Gasteiger partial charge on any atom is -0.481 e. The minimum absolute atomic E-state index is 0.0377. The minimum atomic E-state index is -0.946. The average Bonchev–Trinajstić information content (AvgIpc) is 3.29. The van der Waals surface area contributed by atoms with Gasteiger partial charge in [-0.2, -0.15) is 4.37 Å². The molecule has 0 saturated carbocycles. The maximum absolute atomic E-state index is 14.4. The normalized spacial score (nSPS) is 15.0. The molecule has 8 nitrogen and oxygen atoms in total. The van der Waals surface area contributed by atoms with E-state index in [1.807, 2.05) is 20.8 Å². The SMILES string of the molecule is CC(C)(C)OC(=O)N1CCC(COc2sncc2N=C(N)c2ccc(F)c(-c3c(F)cccc3F)n2)CC1. The molecule has 0 unspecified atom stereocenters. The Bertz CT molecular complexity index is 1310. The number of carbonyl (C=O) groups excluding carboxylic acids is 1. The van der Waals surface area contributed by atoms with Gasteiger partial charge >= 0.3 is 6.09 Å². The summed E-state index contributed by atoms with van der Waals surface area (Å²) in [6, 6.07) is 5.52. The summed E-state index contributed by atoms with van der Waals surface area (Å²) in [6.07, 6.45) is 2.67. The van der Waals surface area contributed by atoms with Gasteiger partial charge in [-0.3, -0.25) is 0 Å². The quantitative estimate of drug-likeness (QED) is 0.314. The lowest BCUT2D eigenvalue weighted by atomic mass is 9.98. The van der Waals surface area contributed by atoms with Crippen LogP contribution in [0.3, 0.4) is 0 Å². The fraction of sp³-hybridized carbons (Fsp3) is 0.385. The molecule has 38 heavy (non-hydrogen) atoms. The summed E-state index contributed by atoms with van der Waals surface area (Å²) in [5.74, 6) is -2.66. The average molecular weight is 548 g/mol. The number of benzene rings is 1. The molecule has 1 aliphatic rings. The van der Waals surface area contributed by atoms with Crippen LogP contribution in [0.5, 0.6) is 5.06 Å². The number of hydrogen-bond donors (Lipinski definition) is 1. The van der Waals surface area contributed by atoms with Gasteiger partial charge in [-0.1, -0.05) is 6.07 Å². The number of amidine groups is 1. The number of aromatic nitrogens is 2. The molecule has 0 aliphatic carbocycles. The molecule has 3 heterocycles. The number of amides is 1. The Morgan fingerprint density at radius 1 is 1.13 bits per heavy atom. The first kappa shape index (κ1) is 27.4. The second kappa shape index (κ2) is 11.4. The molecular formula is C26H28F3N5O3S. The number of likely N-dealkylation sites (tertiary alicyclic amines) is 1. The maximum atomic E-state index is 14.4. The van der Waals surface area contributed by atoms with E-state index >= 15 is 0 Å². The van der Waals surface area contributed by atoms with Gasteiger partial charge < -0.3 is 20.1 Å². The van der Waals surface area contributed by atoms with Crippen LogP contribution < -0.4 is 10.5 Å². The molecular weight excluding hydrogens is 519 g/mol. The van der Waals surface area contributed by atoms with Gasteiger partial charge in [-0.25, -0.2) is 27.9 Å². The highest BCUT2D eigenvalue weighted by molar-refractivity contribution is 7.08. The summed E-state index contributed by atoms with van der Waals surface area (Å²) in [5, 5.41) is 0.435. The Morgan fingerprint density at radius 3 is 2.47 bits per heavy atom. The number of nitrogens with zero attached hydrogens (tertiary/aromatic N) is 4. The van der Waals surface area contributed by atoms with Crippen molar-refractivity contribution < 1.29 is 27.4 Å². The standard InChI is InChI=1S/C26H28F3N5O3S/c1-26(2,3)37-25(35)34-11-9-15(10-12-34)14-36-24-20(13-31-38-24)33-23(30)19-8-7-18(29)22(32-19)21-16(27)5-4-6-17(21)28/h4-8,13,15H,9-12,14H2,1-3H3,(H2,30,33). The Balaban J connectivity index is 1.41. The third kappa shape index (κ3) is 6.60. The van der Waals surface area contributed by atoms with Crippen LogP contribution >= 0.6 is 11.5 Å². The third-order valence-corrected chi connectivity index (χ3v) is 6.49. The van der Waals surface area contributed by atoms with E-state index in [1.165, 1.54) is 18.3 Å². The molecule has 12 heteroatoms. The van der Waals surface area contributed by atoms with Gasteiger partial charge in [0.1, 0.15) is 46.0 Å². The van der Waals surface area contributed by atoms with Crippen molar-refractivity contribution in [2.75, 3.05) is 19.7 Å². The molecule has 2 aromatic heterocycles. The van der Waals surface area contributed by atoms with Crippen molar-refractivity contribution in [2.24, 2.45) is 16.6 Å². The van der Waals surface area contributed by atoms with Crippen molar-refractivity contribution in [3.8, 4) is 16.3 Å². The second-order valence-electron chi connectivity index (χ2n) is 9.84. The van der Waals surface area contributed by atoms with Gasteiger partial charge in [0.25, 0.3) is 0 Å². The molecule has 1 aliphatic heterocycles. The summed E-state index contributed by atoms with van der Waals surface area (Å²) < 4.78 is 58.3. The number of aliphatic imine (C=N–C) groups is 1. The molecule has 0 spiro atoms. The van der Waals surface area contributed by atoms with Gasteiger partial charge in [0.2, 0.25) is 5.06 Å². The fourth-order valence-electron chi connectivity index (χ4n) is 3.87. The lowest BCUT2D eigenvalue weighted by molar-refractivity contribution is 0.0165. The lowest BCUT2D eigenvalue weighted by Crippen LogP contribution is -2.42. The number of ether oxygens (including phenoxy) is 2. The van der Waals surface area contributed by atoms with Crippen LogP contribution in [0.25, 0.3) is 11.3 Å². The first-order chi connectivity index (χ1) is 18.0. The summed E-state index contributed by atoms with van der Waals surface area (Å²) in [4.78, 5) is 22.3. The van der Waals surface area contributed by atoms with Crippen LogP contribution in [0.1, 0.15) is 39.3 Å². The van der Waals surface area contributed by atoms with E-state index < -0.39 is 34.3 Å².